The van der Waals surface area contributed by atoms with Crippen LogP contribution in [0.15, 0.2) is 78.0 Å². The summed E-state index contributed by atoms with van der Waals surface area (Å²) in [5.74, 6) is 0.105. The van der Waals surface area contributed by atoms with E-state index in [-0.39, 0.29) is 17.6 Å². The molecule has 3 aromatic carbocycles. The summed E-state index contributed by atoms with van der Waals surface area (Å²) >= 11 is 1.24. The Morgan fingerprint density at radius 3 is 2.38 bits per heavy atom. The molecular weight excluding hydrogens is 521 g/mol. The fraction of sp³-hybridized carbons (Fsp3) is 0.222. The van der Waals surface area contributed by atoms with Gasteiger partial charge in [-0.25, -0.2) is 4.39 Å². The van der Waals surface area contributed by atoms with Crippen LogP contribution in [-0.2, 0) is 4.79 Å². The zero-order chi connectivity index (χ0) is 27.2. The van der Waals surface area contributed by atoms with Crippen LogP contribution in [0.5, 0.6) is 5.75 Å². The number of carbonyl (C=O) groups excluding carboxylic acids is 2. The Morgan fingerprint density at radius 2 is 1.69 bits per heavy atom. The van der Waals surface area contributed by atoms with Crippen LogP contribution in [0.25, 0.3) is 5.69 Å². The molecule has 1 aliphatic rings. The molecule has 5 rings (SSSR count). The van der Waals surface area contributed by atoms with Crippen molar-refractivity contribution in [1.82, 2.24) is 25.1 Å². The molecule has 0 radical (unpaired) electrons. The van der Waals surface area contributed by atoms with E-state index < -0.39 is 5.82 Å². The Balaban J connectivity index is 1.11. The molecule has 0 unspecified atom stereocenters. The van der Waals surface area contributed by atoms with Gasteiger partial charge in [0.2, 0.25) is 11.1 Å². The number of nitrogens with one attached hydrogen (secondary N) is 1. The van der Waals surface area contributed by atoms with E-state index in [1.165, 1.54) is 23.9 Å². The van der Waals surface area contributed by atoms with Crippen molar-refractivity contribution in [2.75, 3.05) is 49.3 Å². The molecule has 0 atom stereocenters. The first-order valence-corrected chi connectivity index (χ1v) is 13.2. The molecule has 200 valence electrons. The van der Waals surface area contributed by atoms with E-state index in [0.29, 0.717) is 42.6 Å². The molecule has 1 N–H and O–H groups in total. The van der Waals surface area contributed by atoms with Gasteiger partial charge in [0.15, 0.2) is 0 Å². The van der Waals surface area contributed by atoms with E-state index in [4.69, 9.17) is 4.74 Å². The number of amides is 2. The highest BCUT2D eigenvalue weighted by Crippen LogP contribution is 2.23. The van der Waals surface area contributed by atoms with Crippen LogP contribution in [0.1, 0.15) is 10.4 Å². The molecule has 1 saturated heterocycles. The Labute approximate surface area is 228 Å². The minimum Gasteiger partial charge on any atom is -0.497 e. The summed E-state index contributed by atoms with van der Waals surface area (Å²) in [6, 6.07) is 20.7. The van der Waals surface area contributed by atoms with Gasteiger partial charge in [-0.05, 0) is 77.2 Å². The maximum Gasteiger partial charge on any atom is 0.254 e. The van der Waals surface area contributed by atoms with Crippen LogP contribution in [0.2, 0.25) is 0 Å². The van der Waals surface area contributed by atoms with Gasteiger partial charge in [-0.2, -0.15) is 4.68 Å². The van der Waals surface area contributed by atoms with Gasteiger partial charge in [0.05, 0.1) is 18.6 Å². The maximum atomic E-state index is 13.5. The Bertz CT molecular complexity index is 1440. The van der Waals surface area contributed by atoms with Crippen molar-refractivity contribution in [1.29, 1.82) is 0 Å². The molecule has 1 fully saturated rings. The second-order valence-corrected chi connectivity index (χ2v) is 9.69. The molecule has 39 heavy (non-hydrogen) atoms. The van der Waals surface area contributed by atoms with Crippen molar-refractivity contribution < 1.29 is 18.7 Å². The minimum atomic E-state index is -0.417. The van der Waals surface area contributed by atoms with Crippen molar-refractivity contribution in [3.05, 3.63) is 84.2 Å². The average Bonchev–Trinajstić information content (AvgIpc) is 3.45. The van der Waals surface area contributed by atoms with Crippen LogP contribution >= 0.6 is 11.8 Å². The van der Waals surface area contributed by atoms with E-state index in [2.05, 4.69) is 25.7 Å². The molecule has 1 aromatic heterocycles. The SMILES string of the molecule is COc1ccc(-n2nnnc2SCC(=O)Nc2ccc(N3CCN(C(=O)c4cccc(F)c4)CC3)cc2)cc1. The van der Waals surface area contributed by atoms with Gasteiger partial charge in [0.25, 0.3) is 5.91 Å². The van der Waals surface area contributed by atoms with E-state index in [0.717, 1.165) is 17.1 Å². The second-order valence-electron chi connectivity index (χ2n) is 8.74. The van der Waals surface area contributed by atoms with Gasteiger partial charge in [-0.1, -0.05) is 17.8 Å². The Morgan fingerprint density at radius 1 is 0.974 bits per heavy atom. The molecule has 0 spiro atoms. The molecule has 0 bridgehead atoms. The predicted octanol–water partition coefficient (Wildman–Crippen LogP) is 3.50. The molecule has 1 aliphatic heterocycles. The lowest BCUT2D eigenvalue weighted by Gasteiger charge is -2.36. The number of nitrogens with zero attached hydrogens (tertiary/aromatic N) is 6. The number of aromatic nitrogens is 4. The summed E-state index contributed by atoms with van der Waals surface area (Å²) in [7, 11) is 1.60. The summed E-state index contributed by atoms with van der Waals surface area (Å²) < 4.78 is 20.2. The van der Waals surface area contributed by atoms with Crippen LogP contribution in [0.4, 0.5) is 15.8 Å². The zero-order valence-electron chi connectivity index (χ0n) is 21.2. The Kier molecular flexibility index (Phi) is 8.02. The number of ether oxygens (including phenoxy) is 1. The first-order valence-electron chi connectivity index (χ1n) is 12.3. The van der Waals surface area contributed by atoms with Gasteiger partial charge in [0, 0.05) is 43.1 Å². The van der Waals surface area contributed by atoms with E-state index in [1.54, 1.807) is 28.8 Å². The number of hydrogen-bond acceptors (Lipinski definition) is 8. The van der Waals surface area contributed by atoms with Gasteiger partial charge >= 0.3 is 0 Å². The summed E-state index contributed by atoms with van der Waals surface area (Å²) in [4.78, 5) is 29.1. The van der Waals surface area contributed by atoms with E-state index in [1.807, 2.05) is 48.5 Å². The number of thioether (sulfide) groups is 1. The quantitative estimate of drug-likeness (QED) is 0.334. The number of tetrazole rings is 1. The first kappa shape index (κ1) is 26.2. The van der Waals surface area contributed by atoms with Crippen molar-refractivity contribution in [3.63, 3.8) is 0 Å². The van der Waals surface area contributed by atoms with Crippen molar-refractivity contribution in [3.8, 4) is 11.4 Å². The molecule has 12 heteroatoms. The van der Waals surface area contributed by atoms with Gasteiger partial charge in [-0.3, -0.25) is 9.59 Å². The highest BCUT2D eigenvalue weighted by molar-refractivity contribution is 7.99. The lowest BCUT2D eigenvalue weighted by Crippen LogP contribution is -2.48. The number of halogens is 1. The standard InChI is InChI=1S/C27H26FN7O3S/c1-38-24-11-9-23(10-12-24)35-27(30-31-32-35)39-18-25(36)29-21-5-7-22(8-6-21)33-13-15-34(16-14-33)26(37)19-3-2-4-20(28)17-19/h2-12,17H,13-16,18H2,1H3,(H,29,36). The molecule has 10 nitrogen and oxygen atoms in total. The molecule has 4 aromatic rings. The van der Waals surface area contributed by atoms with E-state index in [9.17, 15) is 14.0 Å². The summed E-state index contributed by atoms with van der Waals surface area (Å²) in [5, 5.41) is 15.2. The number of methoxy groups -OCH3 is 1. The summed E-state index contributed by atoms with van der Waals surface area (Å²) in [6.07, 6.45) is 0. The molecule has 2 amide bonds. The maximum absolute atomic E-state index is 13.5. The monoisotopic (exact) mass is 547 g/mol. The molecular formula is C27H26FN7O3S. The molecule has 2 heterocycles. The largest absolute Gasteiger partial charge is 0.497 e. The highest BCUT2D eigenvalue weighted by atomic mass is 32.2. The van der Waals surface area contributed by atoms with Crippen LogP contribution < -0.4 is 15.0 Å². The second kappa shape index (κ2) is 11.9. The number of hydrogen-bond donors (Lipinski definition) is 1. The predicted molar refractivity (Wildman–Crippen MR) is 146 cm³/mol. The van der Waals surface area contributed by atoms with Crippen molar-refractivity contribution in [2.24, 2.45) is 0 Å². The van der Waals surface area contributed by atoms with Crippen LogP contribution in [-0.4, -0.2) is 76.0 Å². The highest BCUT2D eigenvalue weighted by Gasteiger charge is 2.22. The molecule has 0 saturated carbocycles. The van der Waals surface area contributed by atoms with Gasteiger partial charge in [-0.15, -0.1) is 5.10 Å². The Hall–Kier alpha value is -4.45. The summed E-state index contributed by atoms with van der Waals surface area (Å²) in [6.45, 7) is 2.40. The van der Waals surface area contributed by atoms with Crippen molar-refractivity contribution in [2.45, 2.75) is 5.16 Å². The minimum absolute atomic E-state index is 0.138. The molecule has 0 aliphatic carbocycles. The number of rotatable bonds is 8. The average molecular weight is 548 g/mol. The normalized spacial score (nSPS) is 13.3. The lowest BCUT2D eigenvalue weighted by molar-refractivity contribution is -0.113. The van der Waals surface area contributed by atoms with Crippen LogP contribution in [0, 0.1) is 5.82 Å². The number of anilines is 2. The fourth-order valence-corrected chi connectivity index (χ4v) is 4.90. The first-order chi connectivity index (χ1) is 19.0. The third kappa shape index (κ3) is 6.34. The fourth-order valence-electron chi connectivity index (χ4n) is 4.21. The van der Waals surface area contributed by atoms with E-state index >= 15 is 0 Å². The summed E-state index contributed by atoms with van der Waals surface area (Å²) in [5.41, 5.74) is 2.80. The lowest BCUT2D eigenvalue weighted by atomic mass is 10.1. The zero-order valence-corrected chi connectivity index (χ0v) is 22.0. The smallest absolute Gasteiger partial charge is 0.254 e. The van der Waals surface area contributed by atoms with Crippen molar-refractivity contribution >= 4 is 35.0 Å². The van der Waals surface area contributed by atoms with Gasteiger partial charge in [0.1, 0.15) is 11.6 Å². The van der Waals surface area contributed by atoms with Gasteiger partial charge < -0.3 is 19.9 Å². The third-order valence-electron chi connectivity index (χ3n) is 6.24. The third-order valence-corrected chi connectivity index (χ3v) is 7.16. The topological polar surface area (TPSA) is 105 Å². The van der Waals surface area contributed by atoms with Crippen LogP contribution in [0.3, 0.4) is 0 Å². The number of carbonyl (C=O) groups is 2. The number of piperazine rings is 1. The number of benzene rings is 3.